The molecule has 4 aliphatic rings. The van der Waals surface area contributed by atoms with Gasteiger partial charge in [-0.2, -0.15) is 0 Å². The first kappa shape index (κ1) is 31.9. The Morgan fingerprint density at radius 1 is 0.604 bits per heavy atom. The van der Waals surface area contributed by atoms with E-state index in [4.69, 9.17) is 0 Å². The molecule has 0 spiro atoms. The molecule has 246 valence electrons. The molecule has 0 radical (unpaired) electrons. The lowest BCUT2D eigenvalue weighted by Gasteiger charge is -2.27. The molecule has 2 aromatic carbocycles. The Morgan fingerprint density at radius 3 is 1.38 bits per heavy atom. The van der Waals surface area contributed by atoms with Crippen LogP contribution in [0.5, 0.6) is 0 Å². The zero-order chi connectivity index (χ0) is 34.3. The predicted molar refractivity (Wildman–Crippen MR) is 162 cm³/mol. The van der Waals surface area contributed by atoms with Gasteiger partial charge in [-0.25, -0.2) is 0 Å². The molecule has 0 aliphatic carbocycles. The monoisotopic (exact) mass is 656 g/mol. The third-order valence-corrected chi connectivity index (χ3v) is 8.54. The number of unbranched alkanes of at least 4 members (excludes halogenated alkanes) is 1. The van der Waals surface area contributed by atoms with Crippen LogP contribution in [0.15, 0.2) is 36.4 Å². The van der Waals surface area contributed by atoms with Crippen molar-refractivity contribution in [3.63, 3.8) is 0 Å². The first-order valence-corrected chi connectivity index (χ1v) is 15.2. The fourth-order valence-corrected chi connectivity index (χ4v) is 6.23. The van der Waals surface area contributed by atoms with E-state index in [0.29, 0.717) is 0 Å². The zero-order valence-corrected chi connectivity index (χ0v) is 25.3. The number of rotatable bonds is 9. The van der Waals surface area contributed by atoms with E-state index in [-0.39, 0.29) is 85.0 Å². The van der Waals surface area contributed by atoms with Crippen molar-refractivity contribution < 1.29 is 47.9 Å². The third kappa shape index (κ3) is 5.72. The van der Waals surface area contributed by atoms with Gasteiger partial charge in [-0.05, 0) is 49.9 Å². The minimum absolute atomic E-state index is 0.00656. The van der Waals surface area contributed by atoms with Crippen LogP contribution >= 0.6 is 0 Å². The van der Waals surface area contributed by atoms with Gasteiger partial charge in [0.1, 0.15) is 12.1 Å². The molecule has 10 amide bonds. The van der Waals surface area contributed by atoms with Crippen molar-refractivity contribution >= 4 is 70.4 Å². The molecule has 0 bridgehead atoms. The van der Waals surface area contributed by atoms with Crippen LogP contribution in [-0.2, 0) is 28.8 Å². The van der Waals surface area contributed by atoms with Crippen LogP contribution in [0.3, 0.4) is 0 Å². The largest absolute Gasteiger partial charge is 0.325 e. The van der Waals surface area contributed by atoms with E-state index < -0.39 is 71.2 Å². The lowest BCUT2D eigenvalue weighted by Crippen LogP contribution is -2.54. The van der Waals surface area contributed by atoms with Gasteiger partial charge in [0.25, 0.3) is 23.6 Å². The number of hydrogen-bond acceptors (Lipinski definition) is 10. The van der Waals surface area contributed by atoms with Crippen LogP contribution < -0.4 is 21.3 Å². The van der Waals surface area contributed by atoms with Crippen molar-refractivity contribution in [1.82, 2.24) is 20.4 Å². The maximum absolute atomic E-state index is 13.2. The number of fused-ring (bicyclic) bond motifs is 2. The number of piperidine rings is 2. The lowest BCUT2D eigenvalue weighted by molar-refractivity contribution is -0.137. The number of imide groups is 4. The summed E-state index contributed by atoms with van der Waals surface area (Å²) < 4.78 is 0. The van der Waals surface area contributed by atoms with Gasteiger partial charge >= 0.3 is 0 Å². The Bertz CT molecular complexity index is 1740. The summed E-state index contributed by atoms with van der Waals surface area (Å²) in [6.07, 6.45) is 0.379. The van der Waals surface area contributed by atoms with Gasteiger partial charge in [0.05, 0.1) is 33.6 Å². The molecule has 16 nitrogen and oxygen atoms in total. The number of anilines is 2. The molecular formula is C32H28N6O10. The number of amides is 10. The molecule has 6 rings (SSSR count). The molecule has 2 unspecified atom stereocenters. The molecule has 0 aromatic heterocycles. The molecule has 16 heteroatoms. The summed E-state index contributed by atoms with van der Waals surface area (Å²) >= 11 is 0. The zero-order valence-electron chi connectivity index (χ0n) is 25.3. The van der Waals surface area contributed by atoms with Crippen LogP contribution in [0.4, 0.5) is 11.4 Å². The van der Waals surface area contributed by atoms with E-state index in [2.05, 4.69) is 21.3 Å². The molecule has 2 fully saturated rings. The van der Waals surface area contributed by atoms with Gasteiger partial charge in [-0.15, -0.1) is 0 Å². The van der Waals surface area contributed by atoms with Gasteiger partial charge in [-0.3, -0.25) is 68.4 Å². The molecule has 2 atom stereocenters. The van der Waals surface area contributed by atoms with Crippen molar-refractivity contribution in [2.24, 2.45) is 0 Å². The van der Waals surface area contributed by atoms with E-state index in [1.54, 1.807) is 0 Å². The normalized spacial score (nSPS) is 20.4. The Hall–Kier alpha value is -6.06. The first-order chi connectivity index (χ1) is 23.0. The average molecular weight is 657 g/mol. The quantitative estimate of drug-likeness (QED) is 0.217. The number of carbonyl (C=O) groups is 10. The van der Waals surface area contributed by atoms with Crippen molar-refractivity contribution in [3.05, 3.63) is 58.7 Å². The van der Waals surface area contributed by atoms with E-state index in [9.17, 15) is 47.9 Å². The maximum Gasteiger partial charge on any atom is 0.264 e. The highest BCUT2D eigenvalue weighted by molar-refractivity contribution is 6.27. The summed E-state index contributed by atoms with van der Waals surface area (Å²) in [5, 5.41) is 9.50. The number of nitrogens with zero attached hydrogens (tertiary/aromatic N) is 2. The topological polar surface area (TPSA) is 225 Å². The van der Waals surface area contributed by atoms with Crippen molar-refractivity contribution in [2.75, 3.05) is 10.6 Å². The van der Waals surface area contributed by atoms with E-state index in [0.717, 1.165) is 9.80 Å². The van der Waals surface area contributed by atoms with Gasteiger partial charge < -0.3 is 10.6 Å². The van der Waals surface area contributed by atoms with Gasteiger partial charge in [-0.1, -0.05) is 12.1 Å². The minimum Gasteiger partial charge on any atom is -0.325 e. The Balaban J connectivity index is 1.02. The first-order valence-electron chi connectivity index (χ1n) is 15.2. The fourth-order valence-electron chi connectivity index (χ4n) is 6.23. The molecule has 48 heavy (non-hydrogen) atoms. The average Bonchev–Trinajstić information content (AvgIpc) is 3.45. The summed E-state index contributed by atoms with van der Waals surface area (Å²) in [6.45, 7) is 0. The minimum atomic E-state index is -1.15. The maximum atomic E-state index is 13.2. The highest BCUT2D eigenvalue weighted by Gasteiger charge is 2.47. The second-order valence-electron chi connectivity index (χ2n) is 11.7. The van der Waals surface area contributed by atoms with Gasteiger partial charge in [0.2, 0.25) is 35.4 Å². The van der Waals surface area contributed by atoms with E-state index >= 15 is 0 Å². The molecule has 4 aliphatic heterocycles. The SMILES string of the molecule is O=C1CCC(N2C(=O)c3cccc(NC(=O)CCCCC(=O)Nc4cccc5c4C(=O)N(C4CCC(=O)NC4=O)C5=O)c3C2=O)C(=O)N1. The number of carbonyl (C=O) groups excluding carboxylic acids is 10. The van der Waals surface area contributed by atoms with Crippen LogP contribution in [0.2, 0.25) is 0 Å². The summed E-state index contributed by atoms with van der Waals surface area (Å²) in [5.74, 6) is -6.38. The summed E-state index contributed by atoms with van der Waals surface area (Å²) in [5.41, 5.74) is 0.108. The van der Waals surface area contributed by atoms with Crippen molar-refractivity contribution in [2.45, 2.75) is 63.5 Å². The molecule has 2 aromatic rings. The lowest BCUT2D eigenvalue weighted by atomic mass is 10.0. The Labute approximate surface area is 271 Å². The van der Waals surface area contributed by atoms with E-state index in [1.165, 1.54) is 36.4 Å². The van der Waals surface area contributed by atoms with Gasteiger partial charge in [0.15, 0.2) is 0 Å². The molecule has 2 saturated heterocycles. The number of hydrogen-bond donors (Lipinski definition) is 4. The second kappa shape index (κ2) is 12.6. The smallest absolute Gasteiger partial charge is 0.264 e. The van der Waals surface area contributed by atoms with Crippen LogP contribution in [0, 0.1) is 0 Å². The fraction of sp³-hybridized carbons (Fsp3) is 0.312. The molecule has 4 heterocycles. The van der Waals surface area contributed by atoms with Gasteiger partial charge in [0, 0.05) is 25.7 Å². The van der Waals surface area contributed by atoms with Crippen molar-refractivity contribution in [3.8, 4) is 0 Å². The second-order valence-corrected chi connectivity index (χ2v) is 11.7. The molecular weight excluding hydrogens is 628 g/mol. The summed E-state index contributed by atoms with van der Waals surface area (Å²) in [6, 6.07) is 6.40. The highest BCUT2D eigenvalue weighted by atomic mass is 16.2. The van der Waals surface area contributed by atoms with Crippen LogP contribution in [-0.4, -0.2) is 81.0 Å². The molecule has 4 N–H and O–H groups in total. The summed E-state index contributed by atoms with van der Waals surface area (Å²) in [7, 11) is 0. The standard InChI is InChI=1S/C32H28N6O10/c39-21(33-17-7-3-5-15-25(17)31(47)37(29(15)45)19-11-13-23(41)35-27(19)43)9-1-2-10-22(40)34-18-8-4-6-16-26(18)32(48)38(30(16)46)20-12-14-24(42)36-28(20)44/h3-8,19-20H,1-2,9-14H2,(H,33,39)(H,34,40)(H,35,41,43)(H,36,42,44). The Morgan fingerprint density at radius 2 is 1.00 bits per heavy atom. The van der Waals surface area contributed by atoms with E-state index in [1.807, 2.05) is 0 Å². The predicted octanol–water partition coefficient (Wildman–Crippen LogP) is 0.627. The van der Waals surface area contributed by atoms with Crippen LogP contribution in [0.1, 0.15) is 92.8 Å². The summed E-state index contributed by atoms with van der Waals surface area (Å²) in [4.78, 5) is 127. The number of nitrogens with one attached hydrogen (secondary N) is 4. The Kier molecular flexibility index (Phi) is 8.39. The van der Waals surface area contributed by atoms with Crippen molar-refractivity contribution in [1.29, 1.82) is 0 Å². The third-order valence-electron chi connectivity index (χ3n) is 8.54. The number of benzene rings is 2. The van der Waals surface area contributed by atoms with Crippen LogP contribution in [0.25, 0.3) is 0 Å². The molecule has 0 saturated carbocycles. The highest BCUT2D eigenvalue weighted by Crippen LogP contribution is 2.34.